The number of fused-ring (bicyclic) bond motifs is 2. The Labute approximate surface area is 405 Å². The van der Waals surface area contributed by atoms with E-state index in [2.05, 4.69) is 110 Å². The van der Waals surface area contributed by atoms with Crippen molar-refractivity contribution in [3.8, 4) is 0 Å². The van der Waals surface area contributed by atoms with Gasteiger partial charge in [0.05, 0.1) is 18.2 Å². The van der Waals surface area contributed by atoms with Gasteiger partial charge in [0, 0.05) is 76.2 Å². The number of halogens is 4. The SMILES string of the molecule is C.COC(=O)c1ccn[c]([Sn]([CH3])([CH3])[CH3])c1.COC(=O)c1ccnc(Cc2ccc3c(c2)cc(C)n3COCC[Si](C)(C)C)c1.C[Si](C)(C)CCOCn1c(C(F)(F)F)cc2cc(CCl)cnc21. The van der Waals surface area contributed by atoms with Crippen LogP contribution in [0.3, 0.4) is 0 Å². The number of benzene rings is 1. The van der Waals surface area contributed by atoms with E-state index >= 15 is 0 Å². The third-order valence-electron chi connectivity index (χ3n) is 10.4. The average Bonchev–Trinajstić information content (AvgIpc) is 3.78. The quantitative estimate of drug-likeness (QED) is 0.0404. The summed E-state index contributed by atoms with van der Waals surface area (Å²) in [6.07, 6.45) is 1.04. The fraction of sp³-hybridized carbons (Fsp3) is 0.449. The molecule has 0 aliphatic heterocycles. The van der Waals surface area contributed by atoms with Crippen LogP contribution in [0.25, 0.3) is 21.9 Å². The van der Waals surface area contributed by atoms with E-state index in [1.54, 1.807) is 36.7 Å². The molecule has 11 nitrogen and oxygen atoms in total. The summed E-state index contributed by atoms with van der Waals surface area (Å²) >= 11 is 3.56. The summed E-state index contributed by atoms with van der Waals surface area (Å²) in [6, 6.07) is 20.5. The monoisotopic (exact) mass is 1090 g/mol. The molecule has 0 bridgehead atoms. The van der Waals surface area contributed by atoms with E-state index in [0.717, 1.165) is 38.3 Å². The van der Waals surface area contributed by atoms with E-state index in [4.69, 9.17) is 25.8 Å². The Morgan fingerprint density at radius 2 is 1.27 bits per heavy atom. The number of rotatable bonds is 16. The van der Waals surface area contributed by atoms with E-state index in [-0.39, 0.29) is 37.6 Å². The molecule has 0 radical (unpaired) electrons. The number of esters is 2. The Hall–Kier alpha value is -4.08. The summed E-state index contributed by atoms with van der Waals surface area (Å²) < 4.78 is 65.0. The largest absolute Gasteiger partial charge is 0.465 e. The zero-order valence-corrected chi connectivity index (χ0v) is 46.0. The molecule has 0 fully saturated rings. The van der Waals surface area contributed by atoms with Gasteiger partial charge in [0.1, 0.15) is 24.8 Å². The van der Waals surface area contributed by atoms with Crippen molar-refractivity contribution in [3.63, 3.8) is 0 Å². The third kappa shape index (κ3) is 17.7. The normalized spacial score (nSPS) is 11.9. The Morgan fingerprint density at radius 3 is 1.81 bits per heavy atom. The molecule has 0 N–H and O–H groups in total. The Bertz CT molecular complexity index is 2570. The fourth-order valence-corrected chi connectivity index (χ4v) is 11.2. The summed E-state index contributed by atoms with van der Waals surface area (Å²) in [5.74, 6) is -0.419. The van der Waals surface area contributed by atoms with Crippen LogP contribution in [-0.4, -0.2) is 98.0 Å². The summed E-state index contributed by atoms with van der Waals surface area (Å²) in [5, 5.41) is 1.61. The summed E-state index contributed by atoms with van der Waals surface area (Å²) in [5.41, 5.74) is 5.69. The van der Waals surface area contributed by atoms with Crippen molar-refractivity contribution in [1.29, 1.82) is 0 Å². The van der Waals surface area contributed by atoms with Gasteiger partial charge in [-0.15, -0.1) is 11.6 Å². The van der Waals surface area contributed by atoms with Gasteiger partial charge in [-0.3, -0.25) is 9.55 Å². The van der Waals surface area contributed by atoms with Crippen molar-refractivity contribution in [3.05, 3.63) is 119 Å². The van der Waals surface area contributed by atoms with Crippen LogP contribution < -0.4 is 3.71 Å². The van der Waals surface area contributed by atoms with Crippen LogP contribution in [0.1, 0.15) is 56.4 Å². The van der Waals surface area contributed by atoms with Crippen LogP contribution in [0.5, 0.6) is 0 Å². The molecule has 5 heterocycles. The molecule has 6 aromatic rings. The van der Waals surface area contributed by atoms with Crippen LogP contribution in [-0.2, 0) is 50.9 Å². The molecule has 0 saturated carbocycles. The molecule has 0 aliphatic rings. The molecule has 0 unspecified atom stereocenters. The number of nitrogens with zero attached hydrogens (tertiary/aromatic N) is 5. The molecule has 0 amide bonds. The van der Waals surface area contributed by atoms with Gasteiger partial charge in [0.25, 0.3) is 0 Å². The number of alkyl halides is 4. The van der Waals surface area contributed by atoms with E-state index < -0.39 is 46.4 Å². The maximum atomic E-state index is 13.2. The van der Waals surface area contributed by atoms with E-state index in [9.17, 15) is 22.8 Å². The second kappa shape index (κ2) is 25.0. The minimum Gasteiger partial charge on any atom is -0.465 e. The maximum absolute atomic E-state index is 13.2. The second-order valence-corrected chi connectivity index (χ2v) is 45.3. The first kappa shape index (κ1) is 57.2. The number of pyridine rings is 3. The number of hydrogen-bond acceptors (Lipinski definition) is 9. The molecule has 0 aliphatic carbocycles. The van der Waals surface area contributed by atoms with Crippen LogP contribution in [0.4, 0.5) is 13.2 Å². The minimum atomic E-state index is -4.45. The van der Waals surface area contributed by atoms with Crippen LogP contribution >= 0.6 is 11.6 Å². The number of aromatic nitrogens is 5. The summed E-state index contributed by atoms with van der Waals surface area (Å²) in [4.78, 5) is 42.6. The number of methoxy groups -OCH3 is 2. The van der Waals surface area contributed by atoms with E-state index in [1.165, 1.54) is 43.1 Å². The number of carbonyl (C=O) groups is 2. The van der Waals surface area contributed by atoms with Gasteiger partial charge in [-0.25, -0.2) is 9.78 Å². The Balaban J connectivity index is 0.000000280. The van der Waals surface area contributed by atoms with Gasteiger partial charge < -0.3 is 18.8 Å². The van der Waals surface area contributed by atoms with Crippen molar-refractivity contribution < 1.29 is 41.7 Å². The first-order valence-corrected chi connectivity index (χ1v) is 39.7. The zero-order chi connectivity index (χ0) is 49.0. The number of ether oxygens (including phenoxy) is 4. The van der Waals surface area contributed by atoms with Gasteiger partial charge in [-0.05, 0) is 72.6 Å². The third-order valence-corrected chi connectivity index (χ3v) is 19.3. The van der Waals surface area contributed by atoms with Crippen molar-refractivity contribution in [2.45, 2.75) is 112 Å². The molecule has 1 aromatic carbocycles. The molecular formula is C49H69ClF3N5O6Si2Sn. The minimum absolute atomic E-state index is 0. The molecule has 366 valence electrons. The first-order valence-electron chi connectivity index (χ1n) is 21.8. The molecule has 0 atom stereocenters. The molecule has 0 saturated heterocycles. The standard InChI is InChI=1S/C23H30N2O3Si.C15H20ClF3N2OSi.C7H6NO2.CH4.3CH3.Sn/c1-17-12-20-13-18(14-21-15-19(8-9-24-21)23(26)27-2)6-7-22(20)25(17)16-28-10-11-29(3,4)5;1-23(2,3)5-4-22-10-21-13(15(17,18)19)7-12-6-11(8-16)9-20-14(12)21;1-10-7(9)6-2-4-8-5-3-6;;;;;/h6-9,12-13,15H,10-11,14,16H2,1-5H3;6-7,9H,4-5,8,10H2,1-3H3;2-4H,1H3;1H4;3*1H3;. The van der Waals surface area contributed by atoms with Gasteiger partial charge in [0.2, 0.25) is 0 Å². The smallest absolute Gasteiger partial charge is 0.431 e. The molecule has 6 rings (SSSR count). The van der Waals surface area contributed by atoms with Crippen molar-refractivity contribution in [2.75, 3.05) is 27.4 Å². The molecule has 0 spiro atoms. The van der Waals surface area contributed by atoms with Gasteiger partial charge in [0.15, 0.2) is 0 Å². The van der Waals surface area contributed by atoms with Crippen LogP contribution in [0, 0.1) is 6.92 Å². The second-order valence-electron chi connectivity index (χ2n) is 19.5. The van der Waals surface area contributed by atoms with Gasteiger partial charge in [-0.1, -0.05) is 52.8 Å². The maximum Gasteiger partial charge on any atom is 0.431 e. The first-order chi connectivity index (χ1) is 30.8. The van der Waals surface area contributed by atoms with Gasteiger partial charge in [-0.2, -0.15) is 13.2 Å². The van der Waals surface area contributed by atoms with Crippen molar-refractivity contribution in [1.82, 2.24) is 24.1 Å². The molecule has 18 heteroatoms. The number of hydrogen-bond donors (Lipinski definition) is 0. The predicted molar refractivity (Wildman–Crippen MR) is 273 cm³/mol. The average molecular weight is 1090 g/mol. The Kier molecular flexibility index (Phi) is 21.3. The predicted octanol–water partition coefficient (Wildman–Crippen LogP) is 12.2. The summed E-state index contributed by atoms with van der Waals surface area (Å²) in [7, 11) is 0.422. The number of carbonyl (C=O) groups excluding carboxylic acids is 2. The van der Waals surface area contributed by atoms with E-state index in [0.29, 0.717) is 41.8 Å². The topological polar surface area (TPSA) is 120 Å². The van der Waals surface area contributed by atoms with Crippen LogP contribution in [0.15, 0.2) is 79.3 Å². The van der Waals surface area contributed by atoms with Crippen molar-refractivity contribution >= 4 is 83.7 Å². The molecular weight excluding hydrogens is 1020 g/mol. The number of aryl methyl sites for hydroxylation is 1. The van der Waals surface area contributed by atoms with E-state index in [1.807, 2.05) is 6.07 Å². The Morgan fingerprint density at radius 1 is 0.716 bits per heavy atom. The summed E-state index contributed by atoms with van der Waals surface area (Å²) in [6.45, 7) is 17.5. The molecule has 5 aromatic heterocycles. The molecule has 67 heavy (non-hydrogen) atoms. The van der Waals surface area contributed by atoms with Crippen molar-refractivity contribution in [2.24, 2.45) is 0 Å². The van der Waals surface area contributed by atoms with Gasteiger partial charge >= 0.3 is 101 Å². The van der Waals surface area contributed by atoms with Crippen LogP contribution in [0.2, 0.25) is 66.2 Å². The fourth-order valence-electron chi connectivity index (χ4n) is 6.55. The zero-order valence-electron chi connectivity index (χ0n) is 40.4.